The van der Waals surface area contributed by atoms with E-state index < -0.39 is 17.7 Å². The molecule has 0 amide bonds. The number of para-hydroxylation sites is 1. The molecule has 1 N–H and O–H groups in total. The van der Waals surface area contributed by atoms with E-state index in [0.29, 0.717) is 31.9 Å². The second kappa shape index (κ2) is 11.4. The van der Waals surface area contributed by atoms with Crippen LogP contribution in [0.2, 0.25) is 0 Å². The minimum atomic E-state index is -0.738. The van der Waals surface area contributed by atoms with Gasteiger partial charge < -0.3 is 14.6 Å². The molecule has 5 nitrogen and oxygen atoms in total. The maximum Gasteiger partial charge on any atom is 0.130 e. The van der Waals surface area contributed by atoms with Crippen molar-refractivity contribution in [2.45, 2.75) is 19.6 Å². The smallest absolute Gasteiger partial charge is 0.130 e. The molecule has 30 heavy (non-hydrogen) atoms. The van der Waals surface area contributed by atoms with Crippen LogP contribution in [0, 0.1) is 18.6 Å². The van der Waals surface area contributed by atoms with Crippen LogP contribution >= 0.6 is 0 Å². The lowest BCUT2D eigenvalue weighted by Gasteiger charge is -2.31. The average molecular weight is 421 g/mol. The van der Waals surface area contributed by atoms with Crippen LogP contribution in [0.4, 0.5) is 8.78 Å². The van der Waals surface area contributed by atoms with Crippen molar-refractivity contribution in [3.8, 4) is 5.75 Å². The van der Waals surface area contributed by atoms with Crippen molar-refractivity contribution in [1.29, 1.82) is 0 Å². The number of aryl methyl sites for hydroxylation is 1. The second-order valence-corrected chi connectivity index (χ2v) is 7.66. The molecule has 1 heterocycles. The third-order valence-corrected chi connectivity index (χ3v) is 5.24. The third kappa shape index (κ3) is 7.02. The standard InChI is InChI=1S/C23H30F2N2O3/c1-18-4-2-3-5-23(18)30-17-21(28)16-27(9-8-26-10-12-29-13-11-26)15-19-6-7-20(24)14-22(19)25/h2-7,14,21,28H,8-13,15-17H2,1H3/t21-/m0/s1. The molecule has 0 unspecified atom stereocenters. The molecule has 0 aliphatic carbocycles. The third-order valence-electron chi connectivity index (χ3n) is 5.24. The highest BCUT2D eigenvalue weighted by Crippen LogP contribution is 2.17. The summed E-state index contributed by atoms with van der Waals surface area (Å²) in [5, 5.41) is 10.5. The van der Waals surface area contributed by atoms with Crippen molar-refractivity contribution in [3.05, 3.63) is 65.2 Å². The maximum atomic E-state index is 14.2. The molecule has 0 spiro atoms. The lowest BCUT2D eigenvalue weighted by Crippen LogP contribution is -2.43. The van der Waals surface area contributed by atoms with E-state index in [4.69, 9.17) is 9.47 Å². The Labute approximate surface area is 176 Å². The van der Waals surface area contributed by atoms with E-state index in [1.807, 2.05) is 36.1 Å². The van der Waals surface area contributed by atoms with Crippen molar-refractivity contribution in [2.24, 2.45) is 0 Å². The molecule has 3 rings (SSSR count). The maximum absolute atomic E-state index is 14.2. The number of aliphatic hydroxyl groups excluding tert-OH is 1. The highest BCUT2D eigenvalue weighted by molar-refractivity contribution is 5.31. The zero-order chi connectivity index (χ0) is 21.3. The highest BCUT2D eigenvalue weighted by atomic mass is 19.1. The van der Waals surface area contributed by atoms with Crippen molar-refractivity contribution < 1.29 is 23.4 Å². The molecule has 7 heteroatoms. The number of benzene rings is 2. The minimum absolute atomic E-state index is 0.144. The Hall–Kier alpha value is -2.06. The number of nitrogens with zero attached hydrogens (tertiary/aromatic N) is 2. The first-order chi connectivity index (χ1) is 14.5. The van der Waals surface area contributed by atoms with Gasteiger partial charge in [0, 0.05) is 50.9 Å². The van der Waals surface area contributed by atoms with Crippen LogP contribution in [0.15, 0.2) is 42.5 Å². The lowest BCUT2D eigenvalue weighted by molar-refractivity contribution is 0.0254. The molecule has 0 bridgehead atoms. The highest BCUT2D eigenvalue weighted by Gasteiger charge is 2.18. The monoisotopic (exact) mass is 420 g/mol. The van der Waals surface area contributed by atoms with Crippen LogP contribution in [-0.2, 0) is 11.3 Å². The first kappa shape index (κ1) is 22.6. The number of rotatable bonds is 10. The first-order valence-corrected chi connectivity index (χ1v) is 10.3. The van der Waals surface area contributed by atoms with Crippen molar-refractivity contribution in [1.82, 2.24) is 9.80 Å². The fourth-order valence-electron chi connectivity index (χ4n) is 3.49. The van der Waals surface area contributed by atoms with E-state index in [1.165, 1.54) is 12.1 Å². The van der Waals surface area contributed by atoms with Gasteiger partial charge >= 0.3 is 0 Å². The number of morpholine rings is 1. The zero-order valence-corrected chi connectivity index (χ0v) is 17.4. The van der Waals surface area contributed by atoms with Gasteiger partial charge in [0.05, 0.1) is 13.2 Å². The summed E-state index contributed by atoms with van der Waals surface area (Å²) < 4.78 is 38.6. The second-order valence-electron chi connectivity index (χ2n) is 7.66. The minimum Gasteiger partial charge on any atom is -0.491 e. The zero-order valence-electron chi connectivity index (χ0n) is 17.4. The molecular formula is C23H30F2N2O3. The van der Waals surface area contributed by atoms with Gasteiger partial charge in [-0.2, -0.15) is 0 Å². The van der Waals surface area contributed by atoms with Crippen molar-refractivity contribution in [2.75, 3.05) is 52.5 Å². The van der Waals surface area contributed by atoms with Crippen molar-refractivity contribution in [3.63, 3.8) is 0 Å². The topological polar surface area (TPSA) is 45.2 Å². The Morgan fingerprint density at radius 3 is 2.67 bits per heavy atom. The van der Waals surface area contributed by atoms with Gasteiger partial charge in [0.15, 0.2) is 0 Å². The van der Waals surface area contributed by atoms with Crippen LogP contribution in [-0.4, -0.2) is 73.6 Å². The normalized spacial score (nSPS) is 16.0. The molecule has 0 saturated carbocycles. The Balaban J connectivity index is 1.59. The van der Waals surface area contributed by atoms with E-state index in [1.54, 1.807) is 0 Å². The Kier molecular flexibility index (Phi) is 8.57. The van der Waals surface area contributed by atoms with Gasteiger partial charge in [-0.15, -0.1) is 0 Å². The molecule has 2 aromatic rings. The summed E-state index contributed by atoms with van der Waals surface area (Å²) in [6.07, 6.45) is -0.738. The lowest BCUT2D eigenvalue weighted by atomic mass is 10.2. The van der Waals surface area contributed by atoms with E-state index in [9.17, 15) is 13.9 Å². The number of ether oxygens (including phenoxy) is 2. The predicted molar refractivity (Wildman–Crippen MR) is 112 cm³/mol. The van der Waals surface area contributed by atoms with E-state index >= 15 is 0 Å². The van der Waals surface area contributed by atoms with Crippen LogP contribution < -0.4 is 4.74 Å². The fraction of sp³-hybridized carbons (Fsp3) is 0.478. The predicted octanol–water partition coefficient (Wildman–Crippen LogP) is 2.85. The van der Waals surface area contributed by atoms with Gasteiger partial charge in [0.2, 0.25) is 0 Å². The number of hydrogen-bond acceptors (Lipinski definition) is 5. The largest absolute Gasteiger partial charge is 0.491 e. The van der Waals surface area contributed by atoms with Crippen LogP contribution in [0.3, 0.4) is 0 Å². The SMILES string of the molecule is Cc1ccccc1OC[C@@H](O)CN(CCN1CCOCC1)Cc1ccc(F)cc1F. The van der Waals surface area contributed by atoms with E-state index in [2.05, 4.69) is 4.90 Å². The Morgan fingerprint density at radius 2 is 1.93 bits per heavy atom. The van der Waals surface area contributed by atoms with Gasteiger partial charge in [-0.3, -0.25) is 9.80 Å². The summed E-state index contributed by atoms with van der Waals surface area (Å²) >= 11 is 0. The van der Waals surface area contributed by atoms with Gasteiger partial charge in [-0.25, -0.2) is 8.78 Å². The van der Waals surface area contributed by atoms with Crippen molar-refractivity contribution >= 4 is 0 Å². The van der Waals surface area contributed by atoms with Crippen LogP contribution in [0.5, 0.6) is 5.75 Å². The molecule has 2 aromatic carbocycles. The Morgan fingerprint density at radius 1 is 1.17 bits per heavy atom. The average Bonchev–Trinajstić information content (AvgIpc) is 2.74. The summed E-state index contributed by atoms with van der Waals surface area (Å²) in [4.78, 5) is 4.27. The van der Waals surface area contributed by atoms with Gasteiger partial charge in [0.1, 0.15) is 30.1 Å². The van der Waals surface area contributed by atoms with E-state index in [0.717, 1.165) is 37.0 Å². The quantitative estimate of drug-likeness (QED) is 0.641. The first-order valence-electron chi connectivity index (χ1n) is 10.3. The van der Waals surface area contributed by atoms with Crippen LogP contribution in [0.25, 0.3) is 0 Å². The summed E-state index contributed by atoms with van der Waals surface area (Å²) in [6.45, 7) is 7.29. The molecular weight excluding hydrogens is 390 g/mol. The fourth-order valence-corrected chi connectivity index (χ4v) is 3.49. The molecule has 1 atom stereocenters. The Bertz CT molecular complexity index is 800. The molecule has 0 radical (unpaired) electrons. The number of halogens is 2. The number of hydrogen-bond donors (Lipinski definition) is 1. The summed E-state index contributed by atoms with van der Waals surface area (Å²) in [6, 6.07) is 11.3. The molecule has 1 aliphatic rings. The molecule has 1 aliphatic heterocycles. The molecule has 1 saturated heterocycles. The molecule has 164 valence electrons. The summed E-state index contributed by atoms with van der Waals surface area (Å²) in [5.74, 6) is -0.430. The van der Waals surface area contributed by atoms with Gasteiger partial charge in [0.25, 0.3) is 0 Å². The van der Waals surface area contributed by atoms with E-state index in [-0.39, 0.29) is 13.2 Å². The molecule has 0 aromatic heterocycles. The van der Waals surface area contributed by atoms with Gasteiger partial charge in [-0.1, -0.05) is 24.3 Å². The molecule has 1 fully saturated rings. The summed E-state index contributed by atoms with van der Waals surface area (Å²) in [7, 11) is 0. The summed E-state index contributed by atoms with van der Waals surface area (Å²) in [5.41, 5.74) is 1.41. The number of aliphatic hydroxyl groups is 1. The van der Waals surface area contributed by atoms with Crippen LogP contribution in [0.1, 0.15) is 11.1 Å². The van der Waals surface area contributed by atoms with Gasteiger partial charge in [-0.05, 0) is 24.6 Å².